The van der Waals surface area contributed by atoms with Gasteiger partial charge in [-0.05, 0) is 57.4 Å². The van der Waals surface area contributed by atoms with Crippen LogP contribution in [0.15, 0.2) is 28.7 Å². The maximum absolute atomic E-state index is 10.2. The van der Waals surface area contributed by atoms with E-state index in [1.54, 1.807) is 0 Å². The van der Waals surface area contributed by atoms with Crippen LogP contribution in [-0.2, 0) is 0 Å². The van der Waals surface area contributed by atoms with Crippen LogP contribution in [0, 0.1) is 0 Å². The third kappa shape index (κ3) is 4.47. The molecule has 1 aliphatic heterocycles. The maximum atomic E-state index is 10.2. The van der Waals surface area contributed by atoms with Crippen molar-refractivity contribution in [2.45, 2.75) is 51.3 Å². The van der Waals surface area contributed by atoms with Gasteiger partial charge in [-0.1, -0.05) is 15.9 Å². The van der Waals surface area contributed by atoms with Crippen LogP contribution >= 0.6 is 15.9 Å². The van der Waals surface area contributed by atoms with Gasteiger partial charge in [0.2, 0.25) is 0 Å². The van der Waals surface area contributed by atoms with E-state index < -0.39 is 6.10 Å². The van der Waals surface area contributed by atoms with Gasteiger partial charge in [-0.2, -0.15) is 0 Å². The van der Waals surface area contributed by atoms with Crippen LogP contribution in [0.2, 0.25) is 0 Å². The second-order valence-corrected chi connectivity index (χ2v) is 6.85. The Balaban J connectivity index is 1.79. The van der Waals surface area contributed by atoms with E-state index in [-0.39, 0.29) is 0 Å². The first-order valence-electron chi connectivity index (χ1n) is 7.48. The van der Waals surface area contributed by atoms with E-state index in [2.05, 4.69) is 29.8 Å². The van der Waals surface area contributed by atoms with Gasteiger partial charge in [0.15, 0.2) is 0 Å². The fourth-order valence-electron chi connectivity index (χ4n) is 3.04. The topological polar surface area (TPSA) is 33.9 Å². The molecule has 0 bridgehead atoms. The van der Waals surface area contributed by atoms with Crippen molar-refractivity contribution in [1.29, 1.82) is 0 Å². The van der Waals surface area contributed by atoms with Crippen LogP contribution in [0.4, 0.5) is 0 Å². The molecule has 112 valence electrons. The first kappa shape index (κ1) is 15.8. The fourth-order valence-corrected chi connectivity index (χ4v) is 3.31. The third-order valence-corrected chi connectivity index (χ3v) is 4.80. The quantitative estimate of drug-likeness (QED) is 0.858. The zero-order chi connectivity index (χ0) is 14.5. The number of rotatable bonds is 5. The number of hydrogen-bond acceptors (Lipinski definition) is 2. The molecule has 0 amide bonds. The number of benzene rings is 1. The van der Waals surface area contributed by atoms with Gasteiger partial charge in [0, 0.05) is 4.47 Å². The van der Waals surface area contributed by atoms with Gasteiger partial charge in [0.1, 0.15) is 25.0 Å². The van der Waals surface area contributed by atoms with Crippen LogP contribution in [0.3, 0.4) is 0 Å². The van der Waals surface area contributed by atoms with E-state index in [4.69, 9.17) is 4.74 Å². The van der Waals surface area contributed by atoms with Crippen molar-refractivity contribution in [3.8, 4) is 5.75 Å². The molecule has 4 atom stereocenters. The van der Waals surface area contributed by atoms with Crippen LogP contribution in [0.25, 0.3) is 0 Å². The monoisotopic (exact) mass is 342 g/mol. The Morgan fingerprint density at radius 3 is 2.45 bits per heavy atom. The summed E-state index contributed by atoms with van der Waals surface area (Å²) >= 11 is 3.40. The molecule has 0 aromatic heterocycles. The summed E-state index contributed by atoms with van der Waals surface area (Å²) in [4.78, 5) is 1.52. The molecule has 1 saturated heterocycles. The number of hydrogen-bond donors (Lipinski definition) is 2. The van der Waals surface area contributed by atoms with Crippen LogP contribution in [0.1, 0.15) is 33.1 Å². The van der Waals surface area contributed by atoms with Crippen LogP contribution in [-0.4, -0.2) is 36.4 Å². The Bertz CT molecular complexity index is 399. The summed E-state index contributed by atoms with van der Waals surface area (Å²) in [6.07, 6.45) is 3.44. The Morgan fingerprint density at radius 2 is 1.85 bits per heavy atom. The zero-order valence-corrected chi connectivity index (χ0v) is 13.9. The largest absolute Gasteiger partial charge is 0.491 e. The maximum Gasteiger partial charge on any atom is 0.137 e. The molecule has 20 heavy (non-hydrogen) atoms. The molecule has 1 unspecified atom stereocenters. The van der Waals surface area contributed by atoms with Gasteiger partial charge in [0.25, 0.3) is 0 Å². The Kier molecular flexibility index (Phi) is 5.87. The summed E-state index contributed by atoms with van der Waals surface area (Å²) in [5.74, 6) is 0.807. The average molecular weight is 343 g/mol. The highest BCUT2D eigenvalue weighted by molar-refractivity contribution is 9.10. The van der Waals surface area contributed by atoms with Gasteiger partial charge < -0.3 is 14.7 Å². The molecule has 0 saturated carbocycles. The van der Waals surface area contributed by atoms with Gasteiger partial charge >= 0.3 is 0 Å². The molecule has 3 nitrogen and oxygen atoms in total. The van der Waals surface area contributed by atoms with Crippen molar-refractivity contribution < 1.29 is 14.7 Å². The molecule has 1 aliphatic rings. The minimum Gasteiger partial charge on any atom is -0.491 e. The lowest BCUT2D eigenvalue weighted by Crippen LogP contribution is -3.20. The molecule has 2 N–H and O–H groups in total. The SMILES string of the molecule is C[C@@H]1CCC[C@H](C)[NH+]1C[C@H](O)COc1ccc(Br)cc1. The van der Waals surface area contributed by atoms with Crippen LogP contribution in [0.5, 0.6) is 5.75 Å². The normalized spacial score (nSPS) is 28.1. The predicted molar refractivity (Wildman–Crippen MR) is 84.2 cm³/mol. The smallest absolute Gasteiger partial charge is 0.137 e. The standard InChI is InChI=1S/C16H24BrNO2/c1-12-4-3-5-13(2)18(12)10-15(19)11-20-16-8-6-14(17)7-9-16/h6-9,12-13,15,19H,3-5,10-11H2,1-2H3/p+1/t12-,13+,15-/m0/s1. The van der Waals surface area contributed by atoms with Gasteiger partial charge in [-0.3, -0.25) is 0 Å². The zero-order valence-electron chi connectivity index (χ0n) is 12.3. The molecule has 1 aromatic rings. The fraction of sp³-hybridized carbons (Fsp3) is 0.625. The van der Waals surface area contributed by atoms with Gasteiger partial charge in [-0.15, -0.1) is 0 Å². The average Bonchev–Trinajstić information content (AvgIpc) is 2.42. The minimum absolute atomic E-state index is 0.366. The second kappa shape index (κ2) is 7.43. The number of likely N-dealkylation sites (tertiary alicyclic amines) is 1. The van der Waals surface area contributed by atoms with E-state index in [1.165, 1.54) is 24.2 Å². The van der Waals surface area contributed by atoms with E-state index >= 15 is 0 Å². The summed E-state index contributed by atoms with van der Waals surface area (Å²) in [7, 11) is 0. The third-order valence-electron chi connectivity index (χ3n) is 4.27. The van der Waals surface area contributed by atoms with Crippen molar-refractivity contribution in [2.24, 2.45) is 0 Å². The van der Waals surface area contributed by atoms with Crippen molar-refractivity contribution in [2.75, 3.05) is 13.2 Å². The molecule has 0 spiro atoms. The Labute approximate surface area is 130 Å². The lowest BCUT2D eigenvalue weighted by Gasteiger charge is -2.36. The number of halogens is 1. The number of ether oxygens (including phenoxy) is 1. The number of quaternary nitrogens is 1. The summed E-state index contributed by atoms with van der Waals surface area (Å²) in [6, 6.07) is 9.00. The van der Waals surface area contributed by atoms with Crippen molar-refractivity contribution >= 4 is 15.9 Å². The molecule has 1 fully saturated rings. The minimum atomic E-state index is -0.406. The molecule has 1 heterocycles. The highest BCUT2D eigenvalue weighted by Gasteiger charge is 2.30. The summed E-state index contributed by atoms with van der Waals surface area (Å²) < 4.78 is 6.68. The lowest BCUT2D eigenvalue weighted by atomic mass is 9.97. The number of aliphatic hydroxyl groups excluding tert-OH is 1. The lowest BCUT2D eigenvalue weighted by molar-refractivity contribution is -0.954. The summed E-state index contributed by atoms with van der Waals surface area (Å²) in [5.41, 5.74) is 0. The van der Waals surface area contributed by atoms with E-state index in [9.17, 15) is 5.11 Å². The van der Waals surface area contributed by atoms with Crippen LogP contribution < -0.4 is 9.64 Å². The van der Waals surface area contributed by atoms with Gasteiger partial charge in [-0.25, -0.2) is 0 Å². The second-order valence-electron chi connectivity index (χ2n) is 5.93. The molecular weight excluding hydrogens is 318 g/mol. The van der Waals surface area contributed by atoms with Crippen molar-refractivity contribution in [3.05, 3.63) is 28.7 Å². The first-order valence-corrected chi connectivity index (χ1v) is 8.27. The number of aliphatic hydroxyl groups is 1. The molecule has 4 heteroatoms. The highest BCUT2D eigenvalue weighted by atomic mass is 79.9. The number of nitrogens with one attached hydrogen (secondary N) is 1. The summed E-state index contributed by atoms with van der Waals surface area (Å²) in [6.45, 7) is 5.71. The van der Waals surface area contributed by atoms with Crippen molar-refractivity contribution in [3.63, 3.8) is 0 Å². The number of piperidine rings is 1. The molecule has 1 aromatic carbocycles. The van der Waals surface area contributed by atoms with Gasteiger partial charge in [0.05, 0.1) is 12.1 Å². The summed E-state index contributed by atoms with van der Waals surface area (Å²) in [5, 5.41) is 10.2. The predicted octanol–water partition coefficient (Wildman–Crippen LogP) is 2.03. The van der Waals surface area contributed by atoms with Crippen molar-refractivity contribution in [1.82, 2.24) is 0 Å². The molecular formula is C16H25BrNO2+. The van der Waals surface area contributed by atoms with E-state index in [0.717, 1.165) is 16.8 Å². The van der Waals surface area contributed by atoms with E-state index in [0.29, 0.717) is 18.7 Å². The Hall–Kier alpha value is -0.580. The molecule has 0 radical (unpaired) electrons. The molecule has 0 aliphatic carbocycles. The highest BCUT2D eigenvalue weighted by Crippen LogP contribution is 2.16. The Morgan fingerprint density at radius 1 is 1.25 bits per heavy atom. The molecule has 2 rings (SSSR count). The first-order chi connectivity index (χ1) is 9.56. The van der Waals surface area contributed by atoms with E-state index in [1.807, 2.05) is 24.3 Å².